The van der Waals surface area contributed by atoms with Crippen molar-refractivity contribution >= 4 is 46.1 Å². The van der Waals surface area contributed by atoms with Gasteiger partial charge in [-0.05, 0) is 82.7 Å². The Morgan fingerprint density at radius 1 is 1.09 bits per heavy atom. The molecule has 0 saturated heterocycles. The van der Waals surface area contributed by atoms with Crippen molar-refractivity contribution in [3.8, 4) is 0 Å². The molecule has 0 atom stereocenters. The van der Waals surface area contributed by atoms with Crippen LogP contribution in [0.15, 0.2) is 0 Å². The summed E-state index contributed by atoms with van der Waals surface area (Å²) in [7, 11) is 0. The van der Waals surface area contributed by atoms with Crippen LogP contribution in [0.5, 0.6) is 0 Å². The van der Waals surface area contributed by atoms with Gasteiger partial charge in [-0.3, -0.25) is 19.2 Å². The summed E-state index contributed by atoms with van der Waals surface area (Å²) >= 11 is 11.9. The van der Waals surface area contributed by atoms with Gasteiger partial charge in [-0.15, -0.1) is 0 Å². The highest BCUT2D eigenvalue weighted by atomic mass is 35.5. The molecule has 1 amide bonds. The number of nitrogens with zero attached hydrogens (tertiary/aromatic N) is 1. The van der Waals surface area contributed by atoms with Gasteiger partial charge in [0.1, 0.15) is 11.3 Å². The van der Waals surface area contributed by atoms with Gasteiger partial charge in [0.15, 0.2) is 0 Å². The number of aromatic nitrogens is 1. The monoisotopic (exact) mass is 484 g/mol. The summed E-state index contributed by atoms with van der Waals surface area (Å²) < 4.78 is 7.04. The van der Waals surface area contributed by atoms with Crippen LogP contribution >= 0.6 is 23.2 Å². The first-order valence-electron chi connectivity index (χ1n) is 11.1. The fraction of sp³-hybridized carbons (Fsp3) is 0.652. The van der Waals surface area contributed by atoms with Gasteiger partial charge in [-0.25, -0.2) is 0 Å². The molecule has 1 aromatic heterocycles. The number of nitrogens with one attached hydrogen (secondary N) is 1. The van der Waals surface area contributed by atoms with Gasteiger partial charge in [0, 0.05) is 25.2 Å². The third kappa shape index (κ3) is 5.73. The van der Waals surface area contributed by atoms with E-state index in [0.717, 1.165) is 32.1 Å². The second-order valence-electron chi connectivity index (χ2n) is 9.73. The first-order chi connectivity index (χ1) is 15.0. The maximum atomic E-state index is 12.8. The summed E-state index contributed by atoms with van der Waals surface area (Å²) in [6.45, 7) is 6.48. The number of ether oxygens (including phenoxy) is 1. The second kappa shape index (κ2) is 9.96. The minimum Gasteiger partial charge on any atom is -0.460 e. The Labute approximate surface area is 198 Å². The van der Waals surface area contributed by atoms with Crippen molar-refractivity contribution in [2.24, 2.45) is 11.8 Å². The molecule has 1 saturated carbocycles. The summed E-state index contributed by atoms with van der Waals surface area (Å²) in [6, 6.07) is 0. The van der Waals surface area contributed by atoms with E-state index < -0.39 is 22.5 Å². The fourth-order valence-electron chi connectivity index (χ4n) is 4.65. The van der Waals surface area contributed by atoms with Crippen molar-refractivity contribution in [2.45, 2.75) is 77.9 Å². The molecule has 0 bridgehead atoms. The molecule has 1 N–H and O–H groups in total. The zero-order valence-corrected chi connectivity index (χ0v) is 20.3. The van der Waals surface area contributed by atoms with Crippen LogP contribution in [0.4, 0.5) is 0 Å². The molecule has 1 aliphatic heterocycles. The van der Waals surface area contributed by atoms with Gasteiger partial charge in [0.2, 0.25) is 0 Å². The maximum Gasteiger partial charge on any atom is 0.306 e. The fourth-order valence-corrected chi connectivity index (χ4v) is 5.28. The molecule has 3 rings (SSSR count). The van der Waals surface area contributed by atoms with Crippen molar-refractivity contribution in [3.63, 3.8) is 0 Å². The molecule has 0 unspecified atom stereocenters. The highest BCUT2D eigenvalue weighted by Gasteiger charge is 2.34. The molecule has 2 aliphatic rings. The molecular formula is C23H30Cl2N2O5. The highest BCUT2D eigenvalue weighted by molar-refractivity contribution is 6.69. The molecule has 1 aromatic rings. The summed E-state index contributed by atoms with van der Waals surface area (Å²) in [5, 5.41) is 1.97. The van der Waals surface area contributed by atoms with Crippen LogP contribution in [0.3, 0.4) is 0 Å². The van der Waals surface area contributed by atoms with E-state index in [2.05, 4.69) is 5.32 Å². The number of carbonyl (C=O) groups is 4. The zero-order chi connectivity index (χ0) is 23.6. The molecule has 0 aromatic carbocycles. The lowest BCUT2D eigenvalue weighted by Crippen LogP contribution is -2.37. The lowest BCUT2D eigenvalue weighted by Gasteiger charge is -2.29. The SMILES string of the molecule is CC(C)(C)OC(=O)CC1CCC(CNC(=O)C(=O)c2c(Cl)c(C(=O)Cl)c3n2CCC3)CC1. The van der Waals surface area contributed by atoms with E-state index in [0.29, 0.717) is 31.6 Å². The van der Waals surface area contributed by atoms with Crippen molar-refractivity contribution in [3.05, 3.63) is 22.0 Å². The van der Waals surface area contributed by atoms with Gasteiger partial charge in [-0.1, -0.05) is 11.6 Å². The van der Waals surface area contributed by atoms with Gasteiger partial charge >= 0.3 is 5.97 Å². The molecule has 1 aliphatic carbocycles. The molecule has 2 heterocycles. The molecule has 0 spiro atoms. The summed E-state index contributed by atoms with van der Waals surface area (Å²) in [5.41, 5.74) is 0.313. The van der Waals surface area contributed by atoms with Crippen molar-refractivity contribution < 1.29 is 23.9 Å². The number of carbonyl (C=O) groups excluding carboxylic acids is 4. The Morgan fingerprint density at radius 3 is 2.31 bits per heavy atom. The number of hydrogen-bond acceptors (Lipinski definition) is 5. The van der Waals surface area contributed by atoms with E-state index >= 15 is 0 Å². The summed E-state index contributed by atoms with van der Waals surface area (Å²) in [4.78, 5) is 49.1. The maximum absolute atomic E-state index is 12.8. The van der Waals surface area contributed by atoms with Crippen LogP contribution in [-0.4, -0.2) is 39.6 Å². The first kappa shape index (κ1) is 24.8. The number of hydrogen-bond donors (Lipinski definition) is 1. The molecular weight excluding hydrogens is 455 g/mol. The number of fused-ring (bicyclic) bond motifs is 1. The number of ketones is 1. The lowest BCUT2D eigenvalue weighted by atomic mass is 9.80. The number of esters is 1. The third-order valence-electron chi connectivity index (χ3n) is 6.12. The highest BCUT2D eigenvalue weighted by Crippen LogP contribution is 2.35. The average molecular weight is 485 g/mol. The van der Waals surface area contributed by atoms with Crippen molar-refractivity contribution in [2.75, 3.05) is 6.54 Å². The number of Topliss-reactive ketones (excluding diaryl/α,β-unsaturated/α-hetero) is 1. The third-order valence-corrected chi connectivity index (χ3v) is 6.67. The van der Waals surface area contributed by atoms with Crippen LogP contribution in [-0.2, 0) is 27.3 Å². The predicted molar refractivity (Wildman–Crippen MR) is 121 cm³/mol. The van der Waals surface area contributed by atoms with Gasteiger partial charge < -0.3 is 14.6 Å². The Kier molecular flexibility index (Phi) is 7.71. The van der Waals surface area contributed by atoms with E-state index in [4.69, 9.17) is 27.9 Å². The first-order valence-corrected chi connectivity index (χ1v) is 11.9. The Bertz CT molecular complexity index is 924. The van der Waals surface area contributed by atoms with E-state index in [1.165, 1.54) is 0 Å². The summed E-state index contributed by atoms with van der Waals surface area (Å²) in [6.07, 6.45) is 5.27. The number of rotatable bonds is 7. The Morgan fingerprint density at radius 2 is 1.72 bits per heavy atom. The topological polar surface area (TPSA) is 94.5 Å². The molecule has 32 heavy (non-hydrogen) atoms. The Balaban J connectivity index is 1.51. The van der Waals surface area contributed by atoms with E-state index in [9.17, 15) is 19.2 Å². The van der Waals surface area contributed by atoms with Crippen LogP contribution in [0.25, 0.3) is 0 Å². The average Bonchev–Trinajstić information content (AvgIpc) is 3.24. The largest absolute Gasteiger partial charge is 0.460 e. The Hall–Kier alpha value is -1.86. The normalized spacial score (nSPS) is 20.5. The lowest BCUT2D eigenvalue weighted by molar-refractivity contribution is -0.156. The van der Waals surface area contributed by atoms with Crippen LogP contribution in [0.1, 0.15) is 85.8 Å². The van der Waals surface area contributed by atoms with E-state index in [1.54, 1.807) is 4.57 Å². The molecule has 0 radical (unpaired) electrons. The predicted octanol–water partition coefficient (Wildman–Crippen LogP) is 4.30. The number of amides is 1. The standard InChI is InChI=1S/C23H30Cl2N2O5/c1-23(2,3)32-16(28)11-13-6-8-14(9-7-13)12-26-22(31)20(29)19-18(24)17(21(25)30)15-5-4-10-27(15)19/h13-14H,4-12H2,1-3H3,(H,26,31). The van der Waals surface area contributed by atoms with Crippen molar-refractivity contribution in [1.29, 1.82) is 0 Å². The van der Waals surface area contributed by atoms with E-state index in [-0.39, 0.29) is 34.1 Å². The van der Waals surface area contributed by atoms with Gasteiger partial charge in [0.25, 0.3) is 16.9 Å². The zero-order valence-electron chi connectivity index (χ0n) is 18.8. The van der Waals surface area contributed by atoms with E-state index in [1.807, 2.05) is 20.8 Å². The van der Waals surface area contributed by atoms with Crippen LogP contribution in [0, 0.1) is 11.8 Å². The van der Waals surface area contributed by atoms with Crippen LogP contribution < -0.4 is 5.32 Å². The second-order valence-corrected chi connectivity index (χ2v) is 10.5. The van der Waals surface area contributed by atoms with Crippen LogP contribution in [0.2, 0.25) is 5.02 Å². The van der Waals surface area contributed by atoms with Gasteiger partial charge in [-0.2, -0.15) is 0 Å². The molecule has 1 fully saturated rings. The molecule has 9 heteroatoms. The van der Waals surface area contributed by atoms with Gasteiger partial charge in [0.05, 0.1) is 10.6 Å². The minimum atomic E-state index is -0.749. The molecule has 7 nitrogen and oxygen atoms in total. The molecule has 176 valence electrons. The summed E-state index contributed by atoms with van der Waals surface area (Å²) in [5.74, 6) is -1.13. The smallest absolute Gasteiger partial charge is 0.306 e. The number of halogens is 2. The minimum absolute atomic E-state index is 0.0394. The quantitative estimate of drug-likeness (QED) is 0.269. The van der Waals surface area contributed by atoms with Crippen molar-refractivity contribution in [1.82, 2.24) is 9.88 Å².